The molecule has 2 aromatic carbocycles. The highest BCUT2D eigenvalue weighted by Crippen LogP contribution is 2.38. The summed E-state index contributed by atoms with van der Waals surface area (Å²) in [6.45, 7) is 1.91. The Kier molecular flexibility index (Phi) is 5.17. The van der Waals surface area contributed by atoms with Crippen molar-refractivity contribution in [1.29, 1.82) is 0 Å². The molecule has 2 aliphatic rings. The van der Waals surface area contributed by atoms with E-state index in [2.05, 4.69) is 9.88 Å². The van der Waals surface area contributed by atoms with Crippen LogP contribution in [0.3, 0.4) is 0 Å². The Morgan fingerprint density at radius 1 is 1.03 bits per heavy atom. The second kappa shape index (κ2) is 7.97. The molecule has 2 heterocycles. The molecule has 0 amide bonds. The van der Waals surface area contributed by atoms with Gasteiger partial charge in [0.15, 0.2) is 0 Å². The number of imidazole rings is 1. The number of halogens is 1. The summed E-state index contributed by atoms with van der Waals surface area (Å²) in [6.07, 6.45) is 4.07. The van der Waals surface area contributed by atoms with Gasteiger partial charge >= 0.3 is 0 Å². The fourth-order valence-corrected chi connectivity index (χ4v) is 5.12. The summed E-state index contributed by atoms with van der Waals surface area (Å²) in [7, 11) is 3.49. The number of H-pyrrole nitrogens is 1. The van der Waals surface area contributed by atoms with Gasteiger partial charge < -0.3 is 14.5 Å². The highest BCUT2D eigenvalue weighted by atomic mass is 35.5. The summed E-state index contributed by atoms with van der Waals surface area (Å²) in [4.78, 5) is 11.0. The van der Waals surface area contributed by atoms with Crippen molar-refractivity contribution in [1.82, 2.24) is 14.9 Å². The molecular formula is C24H26ClN3O2. The quantitative estimate of drug-likeness (QED) is 0.662. The van der Waals surface area contributed by atoms with Crippen molar-refractivity contribution >= 4 is 11.6 Å². The summed E-state index contributed by atoms with van der Waals surface area (Å²) in [5, 5.41) is 0.727. The number of methoxy groups -OCH3 is 2. The van der Waals surface area contributed by atoms with Gasteiger partial charge in [0.2, 0.25) is 0 Å². The molecule has 1 aliphatic heterocycles. The van der Waals surface area contributed by atoms with Crippen LogP contribution in [0.1, 0.15) is 28.9 Å². The maximum Gasteiger partial charge on any atom is 0.139 e. The van der Waals surface area contributed by atoms with E-state index < -0.39 is 0 Å². The second-order valence-corrected chi connectivity index (χ2v) is 8.44. The molecule has 0 bridgehead atoms. The molecule has 0 spiro atoms. The van der Waals surface area contributed by atoms with Crippen LogP contribution in [0.4, 0.5) is 0 Å². The zero-order valence-corrected chi connectivity index (χ0v) is 18.1. The van der Waals surface area contributed by atoms with E-state index in [0.717, 1.165) is 72.4 Å². The topological polar surface area (TPSA) is 50.4 Å². The molecule has 30 heavy (non-hydrogen) atoms. The van der Waals surface area contributed by atoms with Gasteiger partial charge in [0.1, 0.15) is 17.3 Å². The Morgan fingerprint density at radius 3 is 2.57 bits per heavy atom. The number of aromatic amines is 1. The van der Waals surface area contributed by atoms with Crippen molar-refractivity contribution in [3.05, 3.63) is 63.9 Å². The molecule has 0 radical (unpaired) electrons. The average molecular weight is 424 g/mol. The van der Waals surface area contributed by atoms with Gasteiger partial charge in [-0.15, -0.1) is 0 Å². The van der Waals surface area contributed by atoms with Crippen LogP contribution in [0.25, 0.3) is 11.4 Å². The first-order chi connectivity index (χ1) is 14.7. The summed E-state index contributed by atoms with van der Waals surface area (Å²) in [6, 6.07) is 12.4. The van der Waals surface area contributed by atoms with Crippen LogP contribution in [-0.2, 0) is 25.8 Å². The number of nitrogens with one attached hydrogen (secondary N) is 1. The van der Waals surface area contributed by atoms with Crippen LogP contribution >= 0.6 is 11.6 Å². The molecule has 0 fully saturated rings. The molecule has 5 nitrogen and oxygen atoms in total. The second-order valence-electron chi connectivity index (χ2n) is 8.03. The summed E-state index contributed by atoms with van der Waals surface area (Å²) in [5.41, 5.74) is 5.92. The van der Waals surface area contributed by atoms with Crippen molar-refractivity contribution in [2.75, 3.05) is 20.8 Å². The number of fused-ring (bicyclic) bond motifs is 2. The van der Waals surface area contributed by atoms with Crippen LogP contribution in [0.2, 0.25) is 5.02 Å². The Bertz CT molecular complexity index is 1080. The van der Waals surface area contributed by atoms with E-state index in [9.17, 15) is 0 Å². The average Bonchev–Trinajstić information content (AvgIpc) is 3.21. The van der Waals surface area contributed by atoms with E-state index in [0.29, 0.717) is 6.04 Å². The van der Waals surface area contributed by atoms with Crippen LogP contribution in [0.15, 0.2) is 36.4 Å². The lowest BCUT2D eigenvalue weighted by atomic mass is 9.85. The number of aromatic nitrogens is 2. The zero-order chi connectivity index (χ0) is 20.7. The van der Waals surface area contributed by atoms with Crippen molar-refractivity contribution in [3.63, 3.8) is 0 Å². The molecule has 156 valence electrons. The molecule has 1 unspecified atom stereocenters. The molecule has 0 saturated carbocycles. The third-order valence-corrected chi connectivity index (χ3v) is 6.79. The van der Waals surface area contributed by atoms with Gasteiger partial charge in [0, 0.05) is 42.2 Å². The minimum atomic E-state index is 0.485. The first kappa shape index (κ1) is 19.5. The molecule has 1 N–H and O–H groups in total. The molecule has 0 saturated heterocycles. The molecule has 1 aromatic heterocycles. The molecular weight excluding hydrogens is 398 g/mol. The normalized spacial score (nSPS) is 18.6. The molecule has 3 aromatic rings. The minimum Gasteiger partial charge on any atom is -0.496 e. The van der Waals surface area contributed by atoms with Gasteiger partial charge in [-0.05, 0) is 43.5 Å². The van der Waals surface area contributed by atoms with Gasteiger partial charge in [0.05, 0.1) is 30.6 Å². The molecule has 6 heteroatoms. The summed E-state index contributed by atoms with van der Waals surface area (Å²) >= 11 is 6.38. The van der Waals surface area contributed by atoms with Crippen LogP contribution < -0.4 is 9.47 Å². The Morgan fingerprint density at radius 2 is 1.80 bits per heavy atom. The van der Waals surface area contributed by atoms with E-state index in [1.807, 2.05) is 36.4 Å². The third kappa shape index (κ3) is 3.36. The number of hydrogen-bond donors (Lipinski definition) is 1. The number of hydrogen-bond acceptors (Lipinski definition) is 4. The highest BCUT2D eigenvalue weighted by Gasteiger charge is 2.31. The third-order valence-electron chi connectivity index (χ3n) is 6.46. The largest absolute Gasteiger partial charge is 0.496 e. The van der Waals surface area contributed by atoms with Crippen molar-refractivity contribution < 1.29 is 9.47 Å². The SMILES string of the molecule is COc1ccc(OC)c2c1CCC(N1CCc3nc(-c4ccccc4Cl)[nH]c3C1)C2. The monoisotopic (exact) mass is 423 g/mol. The predicted octanol–water partition coefficient (Wildman–Crippen LogP) is 4.66. The van der Waals surface area contributed by atoms with E-state index in [1.54, 1.807) is 14.2 Å². The lowest BCUT2D eigenvalue weighted by Gasteiger charge is -2.37. The first-order valence-electron chi connectivity index (χ1n) is 10.5. The number of ether oxygens (including phenoxy) is 2. The van der Waals surface area contributed by atoms with Gasteiger partial charge in [-0.2, -0.15) is 0 Å². The van der Waals surface area contributed by atoms with Gasteiger partial charge in [0.25, 0.3) is 0 Å². The Hall–Kier alpha value is -2.50. The van der Waals surface area contributed by atoms with Crippen molar-refractivity contribution in [2.45, 2.75) is 38.3 Å². The number of nitrogens with zero attached hydrogens (tertiary/aromatic N) is 2. The summed E-state index contributed by atoms with van der Waals surface area (Å²) in [5.74, 6) is 2.81. The molecule has 5 rings (SSSR count). The maximum absolute atomic E-state index is 6.38. The lowest BCUT2D eigenvalue weighted by Crippen LogP contribution is -2.42. The molecule has 1 atom stereocenters. The van der Waals surface area contributed by atoms with Crippen LogP contribution in [0, 0.1) is 0 Å². The van der Waals surface area contributed by atoms with Gasteiger partial charge in [-0.1, -0.05) is 23.7 Å². The van der Waals surface area contributed by atoms with Crippen molar-refractivity contribution in [3.8, 4) is 22.9 Å². The highest BCUT2D eigenvalue weighted by molar-refractivity contribution is 6.33. The van der Waals surface area contributed by atoms with Gasteiger partial charge in [-0.25, -0.2) is 4.98 Å². The lowest BCUT2D eigenvalue weighted by molar-refractivity contribution is 0.159. The smallest absolute Gasteiger partial charge is 0.139 e. The summed E-state index contributed by atoms with van der Waals surface area (Å²) < 4.78 is 11.3. The maximum atomic E-state index is 6.38. The zero-order valence-electron chi connectivity index (χ0n) is 17.4. The fraction of sp³-hybridized carbons (Fsp3) is 0.375. The van der Waals surface area contributed by atoms with Crippen LogP contribution in [-0.4, -0.2) is 41.7 Å². The van der Waals surface area contributed by atoms with Crippen LogP contribution in [0.5, 0.6) is 11.5 Å². The number of rotatable bonds is 4. The van der Waals surface area contributed by atoms with E-state index in [-0.39, 0.29) is 0 Å². The van der Waals surface area contributed by atoms with E-state index >= 15 is 0 Å². The minimum absolute atomic E-state index is 0.485. The Balaban J connectivity index is 1.38. The van der Waals surface area contributed by atoms with E-state index in [1.165, 1.54) is 16.8 Å². The molecule has 1 aliphatic carbocycles. The standard InChI is InChI=1S/C24H26ClN3O2/c1-29-22-9-10-23(30-2)18-13-15(7-8-16(18)22)28-12-11-20-21(14-28)27-24(26-20)17-5-3-4-6-19(17)25/h3-6,9-10,15H,7-8,11-14H2,1-2H3,(H,26,27). The predicted molar refractivity (Wildman–Crippen MR) is 119 cm³/mol. The van der Waals surface area contributed by atoms with Crippen molar-refractivity contribution in [2.24, 2.45) is 0 Å². The van der Waals surface area contributed by atoms with Gasteiger partial charge in [-0.3, -0.25) is 4.90 Å². The first-order valence-corrected chi connectivity index (χ1v) is 10.8. The fourth-order valence-electron chi connectivity index (χ4n) is 4.90. The van der Waals surface area contributed by atoms with E-state index in [4.69, 9.17) is 26.1 Å². The Labute approximate surface area is 182 Å². The number of benzene rings is 2.